The van der Waals surface area contributed by atoms with Crippen molar-refractivity contribution in [1.82, 2.24) is 0 Å². The van der Waals surface area contributed by atoms with Crippen LogP contribution in [-0.4, -0.2) is 5.78 Å². The van der Waals surface area contributed by atoms with Crippen LogP contribution in [0.25, 0.3) is 11.1 Å². The summed E-state index contributed by atoms with van der Waals surface area (Å²) in [6, 6.07) is 15.5. The molecule has 2 aromatic carbocycles. The van der Waals surface area contributed by atoms with E-state index in [0.717, 1.165) is 28.7 Å². The Hall–Kier alpha value is -2.40. The van der Waals surface area contributed by atoms with E-state index in [1.165, 1.54) is 0 Å². The fourth-order valence-electron chi connectivity index (χ4n) is 2.52. The number of fused-ring (bicyclic) bond motifs is 1. The lowest BCUT2D eigenvalue weighted by atomic mass is 9.96. The molecule has 0 saturated heterocycles. The second-order valence-electron chi connectivity index (χ2n) is 4.45. The smallest absolute Gasteiger partial charge is 0.163 e. The second kappa shape index (κ2) is 4.12. The van der Waals surface area contributed by atoms with E-state index in [4.69, 9.17) is 5.26 Å². The van der Waals surface area contributed by atoms with E-state index in [-0.39, 0.29) is 5.78 Å². The van der Waals surface area contributed by atoms with Crippen LogP contribution in [0.3, 0.4) is 0 Å². The van der Waals surface area contributed by atoms with Gasteiger partial charge in [-0.15, -0.1) is 0 Å². The summed E-state index contributed by atoms with van der Waals surface area (Å²) in [5, 5.41) is 8.94. The van der Waals surface area contributed by atoms with Gasteiger partial charge in [-0.25, -0.2) is 0 Å². The van der Waals surface area contributed by atoms with Crippen LogP contribution in [0.2, 0.25) is 0 Å². The highest BCUT2D eigenvalue weighted by molar-refractivity contribution is 6.02. The summed E-state index contributed by atoms with van der Waals surface area (Å²) in [6.45, 7) is 0. The molecule has 0 fully saturated rings. The van der Waals surface area contributed by atoms with Crippen molar-refractivity contribution in [2.24, 2.45) is 0 Å². The number of hydrogen-bond donors (Lipinski definition) is 0. The third-order valence-electron chi connectivity index (χ3n) is 3.38. The molecule has 0 aliphatic heterocycles. The minimum absolute atomic E-state index is 0.225. The highest BCUT2D eigenvalue weighted by Crippen LogP contribution is 2.32. The van der Waals surface area contributed by atoms with Crippen LogP contribution in [0.15, 0.2) is 42.5 Å². The SMILES string of the molecule is N#Cc1cccc(-c2cccc3c2CCC3=O)c1. The van der Waals surface area contributed by atoms with E-state index in [1.54, 1.807) is 6.07 Å². The average molecular weight is 233 g/mol. The first kappa shape index (κ1) is 10.7. The van der Waals surface area contributed by atoms with Gasteiger partial charge in [-0.05, 0) is 35.2 Å². The van der Waals surface area contributed by atoms with Crippen LogP contribution >= 0.6 is 0 Å². The molecule has 0 atom stereocenters. The number of hydrogen-bond acceptors (Lipinski definition) is 2. The monoisotopic (exact) mass is 233 g/mol. The largest absolute Gasteiger partial charge is 0.294 e. The standard InChI is InChI=1S/C16H11NO/c17-10-11-3-1-4-12(9-11)13-5-2-6-15-14(13)7-8-16(15)18/h1-6,9H,7-8H2. The lowest BCUT2D eigenvalue weighted by molar-refractivity contribution is 0.0994. The second-order valence-corrected chi connectivity index (χ2v) is 4.45. The highest BCUT2D eigenvalue weighted by Gasteiger charge is 2.22. The van der Waals surface area contributed by atoms with Crippen LogP contribution in [-0.2, 0) is 6.42 Å². The Morgan fingerprint density at radius 1 is 1.00 bits per heavy atom. The molecule has 18 heavy (non-hydrogen) atoms. The molecule has 3 rings (SSSR count). The molecule has 0 spiro atoms. The van der Waals surface area contributed by atoms with Crippen molar-refractivity contribution >= 4 is 5.78 Å². The summed E-state index contributed by atoms with van der Waals surface area (Å²) in [5.41, 5.74) is 4.71. The van der Waals surface area contributed by atoms with Crippen LogP contribution in [0.5, 0.6) is 0 Å². The predicted molar refractivity (Wildman–Crippen MR) is 69.2 cm³/mol. The number of carbonyl (C=O) groups excluding carboxylic acids is 1. The Morgan fingerprint density at radius 3 is 2.61 bits per heavy atom. The van der Waals surface area contributed by atoms with Gasteiger partial charge in [0.25, 0.3) is 0 Å². The third-order valence-corrected chi connectivity index (χ3v) is 3.38. The van der Waals surface area contributed by atoms with E-state index >= 15 is 0 Å². The predicted octanol–water partition coefficient (Wildman–Crippen LogP) is 3.35. The summed E-state index contributed by atoms with van der Waals surface area (Å²) in [5.74, 6) is 0.225. The maximum Gasteiger partial charge on any atom is 0.163 e. The van der Waals surface area contributed by atoms with Gasteiger partial charge in [0.15, 0.2) is 5.78 Å². The molecule has 0 saturated carbocycles. The van der Waals surface area contributed by atoms with Gasteiger partial charge in [-0.2, -0.15) is 5.26 Å². The molecule has 2 heteroatoms. The van der Waals surface area contributed by atoms with Crippen molar-refractivity contribution in [3.63, 3.8) is 0 Å². The molecule has 0 amide bonds. The molecule has 1 aliphatic carbocycles. The average Bonchev–Trinajstić information content (AvgIpc) is 2.81. The summed E-state index contributed by atoms with van der Waals surface area (Å²) >= 11 is 0. The Morgan fingerprint density at radius 2 is 1.78 bits per heavy atom. The maximum absolute atomic E-state index is 11.7. The van der Waals surface area contributed by atoms with Gasteiger partial charge in [0.2, 0.25) is 0 Å². The summed E-state index contributed by atoms with van der Waals surface area (Å²) < 4.78 is 0. The number of ketones is 1. The van der Waals surface area contributed by atoms with Crippen molar-refractivity contribution in [2.75, 3.05) is 0 Å². The molecule has 0 radical (unpaired) electrons. The molecule has 0 bridgehead atoms. The van der Waals surface area contributed by atoms with Gasteiger partial charge in [0, 0.05) is 12.0 Å². The van der Waals surface area contributed by atoms with Crippen molar-refractivity contribution in [3.05, 3.63) is 59.2 Å². The number of carbonyl (C=O) groups is 1. The minimum atomic E-state index is 0.225. The zero-order valence-electron chi connectivity index (χ0n) is 9.81. The quantitative estimate of drug-likeness (QED) is 0.757. The van der Waals surface area contributed by atoms with Crippen molar-refractivity contribution < 1.29 is 4.79 Å². The molecule has 2 nitrogen and oxygen atoms in total. The van der Waals surface area contributed by atoms with Crippen LogP contribution < -0.4 is 0 Å². The molecule has 1 aliphatic rings. The normalized spacial score (nSPS) is 13.2. The maximum atomic E-state index is 11.7. The Bertz CT molecular complexity index is 680. The van der Waals surface area contributed by atoms with Gasteiger partial charge in [0.1, 0.15) is 0 Å². The number of rotatable bonds is 1. The fraction of sp³-hybridized carbons (Fsp3) is 0.125. The van der Waals surface area contributed by atoms with E-state index in [0.29, 0.717) is 12.0 Å². The molecule has 0 N–H and O–H groups in total. The van der Waals surface area contributed by atoms with Crippen LogP contribution in [0.1, 0.15) is 27.9 Å². The Kier molecular flexibility index (Phi) is 2.46. The van der Waals surface area contributed by atoms with Gasteiger partial charge >= 0.3 is 0 Å². The van der Waals surface area contributed by atoms with Crippen molar-refractivity contribution in [1.29, 1.82) is 5.26 Å². The first-order valence-corrected chi connectivity index (χ1v) is 5.95. The molecular formula is C16H11NO. The lowest BCUT2D eigenvalue weighted by Crippen LogP contribution is -1.92. The first-order valence-electron chi connectivity index (χ1n) is 5.95. The Labute approximate surface area is 105 Å². The highest BCUT2D eigenvalue weighted by atomic mass is 16.1. The Balaban J connectivity index is 2.19. The van der Waals surface area contributed by atoms with E-state index in [9.17, 15) is 4.79 Å². The number of nitriles is 1. The number of nitrogens with zero attached hydrogens (tertiary/aromatic N) is 1. The van der Waals surface area contributed by atoms with Crippen molar-refractivity contribution in [2.45, 2.75) is 12.8 Å². The van der Waals surface area contributed by atoms with Gasteiger partial charge < -0.3 is 0 Å². The molecule has 0 aromatic heterocycles. The zero-order chi connectivity index (χ0) is 12.5. The zero-order valence-corrected chi connectivity index (χ0v) is 9.81. The summed E-state index contributed by atoms with van der Waals surface area (Å²) in [6.07, 6.45) is 1.41. The topological polar surface area (TPSA) is 40.9 Å². The first-order chi connectivity index (χ1) is 8.79. The number of Topliss-reactive ketones (excluding diaryl/α,β-unsaturated/α-hetero) is 1. The molecular weight excluding hydrogens is 222 g/mol. The molecule has 0 unspecified atom stereocenters. The van der Waals surface area contributed by atoms with Crippen molar-refractivity contribution in [3.8, 4) is 17.2 Å². The van der Waals surface area contributed by atoms with Gasteiger partial charge in [0.05, 0.1) is 11.6 Å². The molecule has 86 valence electrons. The van der Waals surface area contributed by atoms with Gasteiger partial charge in [-0.1, -0.05) is 30.3 Å². The van der Waals surface area contributed by atoms with E-state index in [1.807, 2.05) is 36.4 Å². The van der Waals surface area contributed by atoms with E-state index < -0.39 is 0 Å². The minimum Gasteiger partial charge on any atom is -0.294 e. The third kappa shape index (κ3) is 1.61. The van der Waals surface area contributed by atoms with E-state index in [2.05, 4.69) is 6.07 Å². The van der Waals surface area contributed by atoms with Crippen LogP contribution in [0, 0.1) is 11.3 Å². The number of benzene rings is 2. The molecule has 0 heterocycles. The fourth-order valence-corrected chi connectivity index (χ4v) is 2.52. The summed E-state index contributed by atoms with van der Waals surface area (Å²) in [7, 11) is 0. The van der Waals surface area contributed by atoms with Gasteiger partial charge in [-0.3, -0.25) is 4.79 Å². The van der Waals surface area contributed by atoms with Crippen LogP contribution in [0.4, 0.5) is 0 Å². The summed E-state index contributed by atoms with van der Waals surface area (Å²) in [4.78, 5) is 11.7. The molecule has 2 aromatic rings. The lowest BCUT2D eigenvalue weighted by Gasteiger charge is -2.08.